The maximum Gasteiger partial charge on any atom is 0.410 e. The molecule has 1 aromatic rings. The van der Waals surface area contributed by atoms with Crippen LogP contribution < -0.4 is 4.90 Å². The predicted octanol–water partition coefficient (Wildman–Crippen LogP) is 3.84. The van der Waals surface area contributed by atoms with E-state index in [2.05, 4.69) is 16.9 Å². The van der Waals surface area contributed by atoms with Crippen molar-refractivity contribution in [3.05, 3.63) is 16.9 Å². The van der Waals surface area contributed by atoms with Gasteiger partial charge in [-0.1, -0.05) is 24.9 Å². The van der Waals surface area contributed by atoms with E-state index in [-0.39, 0.29) is 22.7 Å². The van der Waals surface area contributed by atoms with Crippen LogP contribution in [0.25, 0.3) is 0 Å². The lowest BCUT2D eigenvalue weighted by atomic mass is 10.2. The number of aromatic nitrogens is 2. The minimum absolute atomic E-state index is 0.109. The van der Waals surface area contributed by atoms with Crippen LogP contribution in [-0.4, -0.2) is 77.1 Å². The summed E-state index contributed by atoms with van der Waals surface area (Å²) in [5.41, 5.74) is -0.359. The normalized spacial score (nSPS) is 16.5. The van der Waals surface area contributed by atoms with Gasteiger partial charge in [-0.15, -0.1) is 0 Å². The van der Waals surface area contributed by atoms with Gasteiger partial charge in [0.1, 0.15) is 5.60 Å². The zero-order valence-corrected chi connectivity index (χ0v) is 19.7. The summed E-state index contributed by atoms with van der Waals surface area (Å²) in [6, 6.07) is -0.109. The van der Waals surface area contributed by atoms with Crippen molar-refractivity contribution >= 4 is 29.5 Å². The second-order valence-corrected chi connectivity index (χ2v) is 9.20. The largest absolute Gasteiger partial charge is 0.444 e. The van der Waals surface area contributed by atoms with E-state index in [0.29, 0.717) is 19.0 Å². The molecule has 0 aromatic carbocycles. The van der Waals surface area contributed by atoms with Crippen molar-refractivity contribution in [1.29, 1.82) is 0 Å². The minimum Gasteiger partial charge on any atom is -0.444 e. The topological polar surface area (TPSA) is 78.9 Å². The molecule has 0 N–H and O–H groups in total. The van der Waals surface area contributed by atoms with E-state index in [1.54, 1.807) is 11.9 Å². The van der Waals surface area contributed by atoms with Gasteiger partial charge in [0.05, 0.1) is 11.2 Å². The van der Waals surface area contributed by atoms with E-state index in [4.69, 9.17) is 16.3 Å². The van der Waals surface area contributed by atoms with Crippen LogP contribution in [0.15, 0.2) is 6.20 Å². The standard InChI is InChI=1S/C21H34ClN5O3/c1-7-8-11-25(5)19-23-13-16(22)17(24-19)18(28)27-12-9-10-15(27)14-26(6)20(29)30-21(2,3)4/h13,15H,7-12,14H2,1-6H3. The number of nitrogens with zero attached hydrogens (tertiary/aromatic N) is 5. The molecule has 1 fully saturated rings. The van der Waals surface area contributed by atoms with Gasteiger partial charge >= 0.3 is 6.09 Å². The van der Waals surface area contributed by atoms with Gasteiger partial charge in [0.15, 0.2) is 5.69 Å². The van der Waals surface area contributed by atoms with Crippen molar-refractivity contribution in [2.75, 3.05) is 38.6 Å². The number of amides is 2. The zero-order valence-electron chi connectivity index (χ0n) is 18.9. The van der Waals surface area contributed by atoms with E-state index >= 15 is 0 Å². The number of carbonyl (C=O) groups is 2. The molecule has 2 rings (SSSR count). The number of hydrogen-bond acceptors (Lipinski definition) is 6. The molecule has 0 aliphatic carbocycles. The van der Waals surface area contributed by atoms with Crippen molar-refractivity contribution in [1.82, 2.24) is 19.8 Å². The second-order valence-electron chi connectivity index (χ2n) is 8.80. The van der Waals surface area contributed by atoms with E-state index < -0.39 is 11.7 Å². The molecule has 1 aromatic heterocycles. The summed E-state index contributed by atoms with van der Waals surface area (Å²) in [4.78, 5) is 39.5. The van der Waals surface area contributed by atoms with Crippen LogP contribution in [0.4, 0.5) is 10.7 Å². The van der Waals surface area contributed by atoms with Crippen molar-refractivity contribution in [3.8, 4) is 0 Å². The number of likely N-dealkylation sites (N-methyl/N-ethyl adjacent to an activating group) is 1. The van der Waals surface area contributed by atoms with Gasteiger partial charge in [0.25, 0.3) is 5.91 Å². The van der Waals surface area contributed by atoms with Gasteiger partial charge in [-0.2, -0.15) is 0 Å². The van der Waals surface area contributed by atoms with Crippen LogP contribution >= 0.6 is 11.6 Å². The first-order valence-corrected chi connectivity index (χ1v) is 10.9. The number of unbranched alkanes of at least 4 members (excludes halogenated alkanes) is 1. The molecule has 9 heteroatoms. The summed E-state index contributed by atoms with van der Waals surface area (Å²) in [5, 5.41) is 0.235. The Morgan fingerprint density at radius 3 is 2.67 bits per heavy atom. The first kappa shape index (κ1) is 24.2. The number of rotatable bonds is 7. The Labute approximate surface area is 184 Å². The van der Waals surface area contributed by atoms with Gasteiger partial charge in [0, 0.05) is 39.8 Å². The molecule has 8 nitrogen and oxygen atoms in total. The van der Waals surface area contributed by atoms with Crippen molar-refractivity contribution in [3.63, 3.8) is 0 Å². The van der Waals surface area contributed by atoms with E-state index in [1.807, 2.05) is 32.7 Å². The van der Waals surface area contributed by atoms with Crippen LogP contribution in [0.3, 0.4) is 0 Å². The first-order valence-electron chi connectivity index (χ1n) is 10.5. The lowest BCUT2D eigenvalue weighted by Gasteiger charge is -2.30. The molecule has 2 amide bonds. The molecule has 0 saturated carbocycles. The fourth-order valence-electron chi connectivity index (χ4n) is 3.35. The van der Waals surface area contributed by atoms with Crippen LogP contribution in [0.2, 0.25) is 5.02 Å². The highest BCUT2D eigenvalue weighted by molar-refractivity contribution is 6.33. The average molecular weight is 440 g/mol. The van der Waals surface area contributed by atoms with Crippen LogP contribution in [0.1, 0.15) is 63.9 Å². The minimum atomic E-state index is -0.564. The second kappa shape index (κ2) is 10.3. The van der Waals surface area contributed by atoms with Gasteiger partial charge in [-0.25, -0.2) is 14.8 Å². The highest BCUT2D eigenvalue weighted by Crippen LogP contribution is 2.24. The highest BCUT2D eigenvalue weighted by atomic mass is 35.5. The monoisotopic (exact) mass is 439 g/mol. The summed E-state index contributed by atoms with van der Waals surface area (Å²) in [6.07, 6.45) is 4.83. The zero-order chi connectivity index (χ0) is 22.5. The summed E-state index contributed by atoms with van der Waals surface area (Å²) in [7, 11) is 3.59. The molecule has 0 bridgehead atoms. The quantitative estimate of drug-likeness (QED) is 0.642. The molecule has 168 valence electrons. The Hall–Kier alpha value is -2.09. The number of likely N-dealkylation sites (tertiary alicyclic amines) is 1. The number of halogens is 1. The molecule has 0 spiro atoms. The summed E-state index contributed by atoms with van der Waals surface area (Å²) < 4.78 is 5.42. The predicted molar refractivity (Wildman–Crippen MR) is 118 cm³/mol. The maximum absolute atomic E-state index is 13.2. The van der Waals surface area contributed by atoms with E-state index in [9.17, 15) is 9.59 Å². The summed E-state index contributed by atoms with van der Waals surface area (Å²) in [5.74, 6) is 0.255. The molecule has 1 atom stereocenters. The highest BCUT2D eigenvalue weighted by Gasteiger charge is 2.34. The molecular weight excluding hydrogens is 406 g/mol. The third-order valence-corrected chi connectivity index (χ3v) is 5.23. The van der Waals surface area contributed by atoms with Crippen molar-refractivity contribution in [2.24, 2.45) is 0 Å². The summed E-state index contributed by atoms with van der Waals surface area (Å²) in [6.45, 7) is 9.41. The number of ether oxygens (including phenoxy) is 1. The van der Waals surface area contributed by atoms with Gasteiger partial charge in [0.2, 0.25) is 5.95 Å². The fraction of sp³-hybridized carbons (Fsp3) is 0.714. The molecular formula is C21H34ClN5O3. The Morgan fingerprint density at radius 2 is 2.03 bits per heavy atom. The SMILES string of the molecule is CCCCN(C)c1ncc(Cl)c(C(=O)N2CCCC2CN(C)C(=O)OC(C)(C)C)n1. The molecule has 30 heavy (non-hydrogen) atoms. The molecule has 1 aliphatic heterocycles. The van der Waals surface area contributed by atoms with Crippen LogP contribution in [-0.2, 0) is 4.74 Å². The number of hydrogen-bond donors (Lipinski definition) is 0. The van der Waals surface area contributed by atoms with E-state index in [0.717, 1.165) is 32.2 Å². The average Bonchev–Trinajstić information content (AvgIpc) is 3.12. The Bertz CT molecular complexity index is 753. The van der Waals surface area contributed by atoms with Gasteiger partial charge in [-0.3, -0.25) is 4.79 Å². The molecule has 0 radical (unpaired) electrons. The lowest BCUT2D eigenvalue weighted by molar-refractivity contribution is 0.0252. The van der Waals surface area contributed by atoms with Crippen molar-refractivity contribution in [2.45, 2.75) is 65.0 Å². The molecule has 1 saturated heterocycles. The smallest absolute Gasteiger partial charge is 0.410 e. The molecule has 1 aliphatic rings. The van der Waals surface area contributed by atoms with Gasteiger partial charge < -0.3 is 19.4 Å². The molecule has 1 unspecified atom stereocenters. The third-order valence-electron chi connectivity index (χ3n) is 4.95. The first-order chi connectivity index (χ1) is 14.0. The van der Waals surface area contributed by atoms with Crippen LogP contribution in [0, 0.1) is 0 Å². The van der Waals surface area contributed by atoms with Crippen molar-refractivity contribution < 1.29 is 14.3 Å². The van der Waals surface area contributed by atoms with Gasteiger partial charge in [-0.05, 0) is 40.0 Å². The van der Waals surface area contributed by atoms with E-state index in [1.165, 1.54) is 11.1 Å². The Kier molecular flexibility index (Phi) is 8.29. The Morgan fingerprint density at radius 1 is 1.33 bits per heavy atom. The fourth-order valence-corrected chi connectivity index (χ4v) is 3.52. The lowest BCUT2D eigenvalue weighted by Crippen LogP contribution is -2.45. The number of anilines is 1. The Balaban J connectivity index is 2.12. The third kappa shape index (κ3) is 6.45. The maximum atomic E-state index is 13.2. The van der Waals surface area contributed by atoms with Crippen LogP contribution in [0.5, 0.6) is 0 Å². The number of carbonyl (C=O) groups excluding carboxylic acids is 2. The molecule has 2 heterocycles. The summed E-state index contributed by atoms with van der Waals surface area (Å²) >= 11 is 6.28.